The van der Waals surface area contributed by atoms with Crippen LogP contribution >= 0.6 is 0 Å². The summed E-state index contributed by atoms with van der Waals surface area (Å²) in [6, 6.07) is 77.6. The molecule has 0 saturated heterocycles. The van der Waals surface area contributed by atoms with Crippen LogP contribution in [0.4, 0.5) is 0 Å². The highest BCUT2D eigenvalue weighted by Crippen LogP contribution is 2.57. The summed E-state index contributed by atoms with van der Waals surface area (Å²) in [7, 11) is 0. The fourth-order valence-corrected chi connectivity index (χ4v) is 10.6. The summed E-state index contributed by atoms with van der Waals surface area (Å²) >= 11 is 0. The van der Waals surface area contributed by atoms with Crippen molar-refractivity contribution in [1.29, 1.82) is 0 Å². The number of aromatic nitrogens is 3. The van der Waals surface area contributed by atoms with Crippen molar-refractivity contribution in [2.75, 3.05) is 0 Å². The second kappa shape index (κ2) is 13.9. The molecule has 0 radical (unpaired) electrons. The Labute approximate surface area is 364 Å². The van der Waals surface area contributed by atoms with Gasteiger partial charge in [0, 0.05) is 39.5 Å². The van der Waals surface area contributed by atoms with Gasteiger partial charge in [-0.2, -0.15) is 0 Å². The van der Waals surface area contributed by atoms with E-state index in [1.165, 1.54) is 55.1 Å². The van der Waals surface area contributed by atoms with Gasteiger partial charge in [-0.3, -0.25) is 9.97 Å². The predicted molar refractivity (Wildman–Crippen MR) is 261 cm³/mol. The van der Waals surface area contributed by atoms with Crippen LogP contribution in [0.1, 0.15) is 22.3 Å². The molecule has 0 bridgehead atoms. The van der Waals surface area contributed by atoms with Crippen molar-refractivity contribution in [3.05, 3.63) is 247 Å². The van der Waals surface area contributed by atoms with E-state index in [9.17, 15) is 0 Å². The molecule has 0 atom stereocenters. The predicted octanol–water partition coefficient (Wildman–Crippen LogP) is 15.0. The Morgan fingerprint density at radius 1 is 0.317 bits per heavy atom. The first-order chi connectivity index (χ1) is 31.2. The highest BCUT2D eigenvalue weighted by molar-refractivity contribution is 6.14. The van der Waals surface area contributed by atoms with Gasteiger partial charge in [0.25, 0.3) is 0 Å². The maximum absolute atomic E-state index is 5.46. The Morgan fingerprint density at radius 2 is 0.968 bits per heavy atom. The third kappa shape index (κ3) is 5.36. The maximum Gasteiger partial charge on any atom is 0.0970 e. The van der Waals surface area contributed by atoms with Crippen LogP contribution in [0.15, 0.2) is 225 Å². The van der Waals surface area contributed by atoms with Gasteiger partial charge in [0.05, 0.1) is 27.7 Å². The SMILES string of the molecule is c1ccc(C2(c3ccccc3)c3ccccc3-c3cc4c(-c5cccc(-c6ccc7cc(-c8cc9cccnc9c9ncccc89)ccc7c6)c5)nc5ccccc5c4cc32)cc1. The number of para-hydroxylation sites is 1. The van der Waals surface area contributed by atoms with Crippen molar-refractivity contribution in [1.82, 2.24) is 15.0 Å². The number of benzene rings is 9. The molecule has 0 N–H and O–H groups in total. The summed E-state index contributed by atoms with van der Waals surface area (Å²) in [4.78, 5) is 14.9. The minimum Gasteiger partial charge on any atom is -0.254 e. The first-order valence-corrected chi connectivity index (χ1v) is 21.6. The minimum atomic E-state index is -0.484. The van der Waals surface area contributed by atoms with Gasteiger partial charge in [-0.05, 0) is 126 Å². The molecule has 0 unspecified atom stereocenters. The summed E-state index contributed by atoms with van der Waals surface area (Å²) in [5.74, 6) is 0. The lowest BCUT2D eigenvalue weighted by atomic mass is 9.67. The monoisotopic (exact) mass is 799 g/mol. The van der Waals surface area contributed by atoms with E-state index in [1.54, 1.807) is 0 Å². The quantitative estimate of drug-likeness (QED) is 0.163. The van der Waals surface area contributed by atoms with Gasteiger partial charge in [-0.25, -0.2) is 4.98 Å². The van der Waals surface area contributed by atoms with Crippen molar-refractivity contribution in [3.8, 4) is 44.6 Å². The molecule has 292 valence electrons. The molecule has 0 amide bonds. The summed E-state index contributed by atoms with van der Waals surface area (Å²) in [5.41, 5.74) is 16.7. The van der Waals surface area contributed by atoms with Crippen LogP contribution < -0.4 is 0 Å². The van der Waals surface area contributed by atoms with Crippen LogP contribution in [0.25, 0.3) is 98.9 Å². The highest BCUT2D eigenvalue weighted by Gasteiger charge is 2.46. The van der Waals surface area contributed by atoms with Gasteiger partial charge in [-0.15, -0.1) is 0 Å². The van der Waals surface area contributed by atoms with Gasteiger partial charge < -0.3 is 0 Å². The van der Waals surface area contributed by atoms with Crippen molar-refractivity contribution in [3.63, 3.8) is 0 Å². The molecule has 1 aliphatic rings. The second-order valence-corrected chi connectivity index (χ2v) is 16.7. The zero-order valence-electron chi connectivity index (χ0n) is 34.2. The highest BCUT2D eigenvalue weighted by atomic mass is 14.7. The average Bonchev–Trinajstić information content (AvgIpc) is 3.65. The Morgan fingerprint density at radius 3 is 1.79 bits per heavy atom. The van der Waals surface area contributed by atoms with E-state index >= 15 is 0 Å². The minimum absolute atomic E-state index is 0.484. The van der Waals surface area contributed by atoms with Crippen LogP contribution in [-0.2, 0) is 5.41 Å². The molecule has 0 saturated carbocycles. The Balaban J connectivity index is 0.967. The van der Waals surface area contributed by atoms with E-state index in [4.69, 9.17) is 9.97 Å². The molecule has 0 aliphatic heterocycles. The van der Waals surface area contributed by atoms with Crippen molar-refractivity contribution >= 4 is 54.3 Å². The van der Waals surface area contributed by atoms with Crippen LogP contribution in [0.5, 0.6) is 0 Å². The lowest BCUT2D eigenvalue weighted by Crippen LogP contribution is -2.28. The van der Waals surface area contributed by atoms with E-state index in [1.807, 2.05) is 24.5 Å². The maximum atomic E-state index is 5.46. The largest absolute Gasteiger partial charge is 0.254 e. The van der Waals surface area contributed by atoms with E-state index in [0.717, 1.165) is 66.0 Å². The lowest BCUT2D eigenvalue weighted by molar-refractivity contribution is 0.769. The van der Waals surface area contributed by atoms with Crippen molar-refractivity contribution < 1.29 is 0 Å². The summed E-state index contributed by atoms with van der Waals surface area (Å²) in [6.07, 6.45) is 3.69. The smallest absolute Gasteiger partial charge is 0.0970 e. The van der Waals surface area contributed by atoms with E-state index in [0.29, 0.717) is 0 Å². The molecule has 3 aromatic heterocycles. The topological polar surface area (TPSA) is 38.7 Å². The van der Waals surface area contributed by atoms with Gasteiger partial charge in [0.15, 0.2) is 0 Å². The first-order valence-electron chi connectivity index (χ1n) is 21.6. The summed E-state index contributed by atoms with van der Waals surface area (Å²) < 4.78 is 0. The average molecular weight is 800 g/mol. The van der Waals surface area contributed by atoms with E-state index < -0.39 is 5.41 Å². The van der Waals surface area contributed by atoms with Crippen LogP contribution in [0.2, 0.25) is 0 Å². The molecule has 12 aromatic rings. The Kier molecular flexibility index (Phi) is 7.82. The molecule has 3 heterocycles. The van der Waals surface area contributed by atoms with Crippen molar-refractivity contribution in [2.45, 2.75) is 5.41 Å². The van der Waals surface area contributed by atoms with Crippen molar-refractivity contribution in [2.24, 2.45) is 0 Å². The van der Waals surface area contributed by atoms with Gasteiger partial charge in [-0.1, -0.05) is 158 Å². The zero-order valence-corrected chi connectivity index (χ0v) is 34.2. The van der Waals surface area contributed by atoms with Crippen LogP contribution in [-0.4, -0.2) is 15.0 Å². The third-order valence-electron chi connectivity index (χ3n) is 13.4. The fraction of sp³-hybridized carbons (Fsp3) is 0.0167. The Bertz CT molecular complexity index is 3760. The first kappa shape index (κ1) is 35.5. The summed E-state index contributed by atoms with van der Waals surface area (Å²) in [5, 5.41) is 8.08. The Hall–Kier alpha value is -8.27. The zero-order chi connectivity index (χ0) is 41.5. The van der Waals surface area contributed by atoms with Gasteiger partial charge >= 0.3 is 0 Å². The number of hydrogen-bond donors (Lipinski definition) is 0. The third-order valence-corrected chi connectivity index (χ3v) is 13.4. The van der Waals surface area contributed by atoms with Crippen LogP contribution in [0.3, 0.4) is 0 Å². The lowest BCUT2D eigenvalue weighted by Gasteiger charge is -2.34. The molecule has 63 heavy (non-hydrogen) atoms. The fourth-order valence-electron chi connectivity index (χ4n) is 10.6. The standard InChI is InChI=1S/C60H37N3/c1-3-17-45(18-4-1)60(46-19-5-2-6-20-46)54-24-9-7-21-47(54)52-36-53-51(37-55(52)60)48-22-8-10-25-56(48)63-57(53)43-15-11-14-38(34-43)39-26-27-41-33-42(29-28-40(41)32-39)50-35-44-16-12-30-61-58(44)59-49(50)23-13-31-62-59/h1-37H. The molecule has 1 aliphatic carbocycles. The number of hydrogen-bond acceptors (Lipinski definition) is 3. The summed E-state index contributed by atoms with van der Waals surface area (Å²) in [6.45, 7) is 0. The number of pyridine rings is 3. The molecular weight excluding hydrogens is 763 g/mol. The molecule has 0 spiro atoms. The van der Waals surface area contributed by atoms with Gasteiger partial charge in [0.2, 0.25) is 0 Å². The number of rotatable bonds is 5. The second-order valence-electron chi connectivity index (χ2n) is 16.7. The molecule has 3 heteroatoms. The normalized spacial score (nSPS) is 12.9. The number of nitrogens with zero attached hydrogens (tertiary/aromatic N) is 3. The molecule has 3 nitrogen and oxygen atoms in total. The van der Waals surface area contributed by atoms with E-state index in [2.05, 4.69) is 205 Å². The van der Waals surface area contributed by atoms with E-state index in [-0.39, 0.29) is 0 Å². The molecular formula is C60H37N3. The molecule has 13 rings (SSSR count). The van der Waals surface area contributed by atoms with Gasteiger partial charge in [0.1, 0.15) is 0 Å². The number of fused-ring (bicyclic) bond motifs is 10. The molecule has 0 fully saturated rings. The molecule has 9 aromatic carbocycles. The van der Waals surface area contributed by atoms with Crippen LogP contribution in [0, 0.1) is 0 Å².